The number of hydrogen-bond donors (Lipinski definition) is 2. The molecule has 0 radical (unpaired) electrons. The maximum Gasteiger partial charge on any atom is 0.193 e. The summed E-state index contributed by atoms with van der Waals surface area (Å²) in [6.45, 7) is 0.978. The van der Waals surface area contributed by atoms with Crippen LogP contribution >= 0.6 is 47.2 Å². The monoisotopic (exact) mass is 525 g/mol. The number of methoxy groups -OCH3 is 2. The van der Waals surface area contributed by atoms with Gasteiger partial charge in [0.15, 0.2) is 17.5 Å². The van der Waals surface area contributed by atoms with Crippen LogP contribution in [-0.2, 0) is 0 Å². The first-order chi connectivity index (χ1) is 12.5. The lowest BCUT2D eigenvalue weighted by atomic mass is 10.3. The van der Waals surface area contributed by atoms with Crippen LogP contribution < -0.4 is 25.3 Å². The Labute approximate surface area is 186 Å². The summed E-state index contributed by atoms with van der Waals surface area (Å²) < 4.78 is 16.0. The van der Waals surface area contributed by atoms with E-state index in [1.807, 2.05) is 6.07 Å². The third-order valence-corrected chi connectivity index (χ3v) is 3.92. The van der Waals surface area contributed by atoms with E-state index in [0.717, 1.165) is 5.69 Å². The first-order valence-electron chi connectivity index (χ1n) is 7.90. The van der Waals surface area contributed by atoms with Gasteiger partial charge in [0, 0.05) is 29.7 Å². The van der Waals surface area contributed by atoms with Crippen molar-refractivity contribution >= 4 is 58.8 Å². The zero-order valence-corrected chi connectivity index (χ0v) is 18.8. The van der Waals surface area contributed by atoms with Crippen molar-refractivity contribution in [3.8, 4) is 17.2 Å². The number of hydrogen-bond acceptors (Lipinski definition) is 4. The average Bonchev–Trinajstić information content (AvgIpc) is 2.62. The van der Waals surface area contributed by atoms with Crippen molar-refractivity contribution in [3.05, 3.63) is 46.4 Å². The summed E-state index contributed by atoms with van der Waals surface area (Å²) >= 11 is 11.9. The van der Waals surface area contributed by atoms with Gasteiger partial charge in [-0.2, -0.15) is 0 Å². The molecule has 0 amide bonds. The van der Waals surface area contributed by atoms with E-state index in [4.69, 9.17) is 43.1 Å². The Morgan fingerprint density at radius 3 is 2.41 bits per heavy atom. The van der Waals surface area contributed by atoms with E-state index >= 15 is 0 Å². The summed E-state index contributed by atoms with van der Waals surface area (Å²) in [6.07, 6.45) is 0.688. The number of rotatable bonds is 8. The third kappa shape index (κ3) is 7.51. The molecule has 0 saturated carbocycles. The van der Waals surface area contributed by atoms with Crippen molar-refractivity contribution in [2.75, 3.05) is 32.7 Å². The van der Waals surface area contributed by atoms with Crippen LogP contribution in [0.3, 0.4) is 0 Å². The maximum atomic E-state index is 6.04. The molecule has 0 unspecified atom stereocenters. The van der Waals surface area contributed by atoms with Gasteiger partial charge in [0.1, 0.15) is 5.75 Å². The molecule has 0 fully saturated rings. The summed E-state index contributed by atoms with van der Waals surface area (Å²) in [7, 11) is 3.16. The predicted molar refractivity (Wildman–Crippen MR) is 122 cm³/mol. The first-order valence-corrected chi connectivity index (χ1v) is 8.66. The van der Waals surface area contributed by atoms with Crippen molar-refractivity contribution in [2.45, 2.75) is 6.42 Å². The highest BCUT2D eigenvalue weighted by Crippen LogP contribution is 2.29. The van der Waals surface area contributed by atoms with Crippen LogP contribution in [0.25, 0.3) is 0 Å². The molecular formula is C18H22Cl2IN3O3. The molecule has 0 saturated heterocycles. The number of anilines is 1. The van der Waals surface area contributed by atoms with Gasteiger partial charge in [-0.25, -0.2) is 0 Å². The lowest BCUT2D eigenvalue weighted by Crippen LogP contribution is -2.23. The fraction of sp³-hybridized carbons (Fsp3) is 0.278. The van der Waals surface area contributed by atoms with E-state index in [2.05, 4.69) is 10.3 Å². The quantitative estimate of drug-likeness (QED) is 0.223. The van der Waals surface area contributed by atoms with Crippen molar-refractivity contribution < 1.29 is 14.2 Å². The molecule has 0 heterocycles. The Bertz CT molecular complexity index is 776. The molecule has 0 spiro atoms. The zero-order valence-electron chi connectivity index (χ0n) is 15.0. The van der Waals surface area contributed by atoms with Gasteiger partial charge in [0.2, 0.25) is 0 Å². The van der Waals surface area contributed by atoms with Gasteiger partial charge in [-0.15, -0.1) is 24.0 Å². The smallest absolute Gasteiger partial charge is 0.193 e. The Balaban J connectivity index is 0.00000364. The summed E-state index contributed by atoms with van der Waals surface area (Å²) in [6, 6.07) is 10.5. The highest BCUT2D eigenvalue weighted by Gasteiger charge is 2.05. The van der Waals surface area contributed by atoms with Crippen molar-refractivity contribution in [2.24, 2.45) is 10.7 Å². The third-order valence-electron chi connectivity index (χ3n) is 3.39. The average molecular weight is 526 g/mol. The largest absolute Gasteiger partial charge is 0.493 e. The molecule has 2 aromatic rings. The van der Waals surface area contributed by atoms with Crippen LogP contribution in [0.4, 0.5) is 5.69 Å². The minimum atomic E-state index is 0. The molecular weight excluding hydrogens is 504 g/mol. The standard InChI is InChI=1S/C18H21Cl2N3O3.HI/c1-24-16-7-5-13(11-17(16)25-2)23-18(21)22-8-3-9-26-15-6-4-12(19)10-14(15)20;/h4-7,10-11H,3,8-9H2,1-2H3,(H3,21,22,23);1H. The normalized spacial score (nSPS) is 10.7. The topological polar surface area (TPSA) is 78.1 Å². The summed E-state index contributed by atoms with van der Waals surface area (Å²) in [5.74, 6) is 2.16. The molecule has 0 aliphatic carbocycles. The number of nitrogens with one attached hydrogen (secondary N) is 1. The van der Waals surface area contributed by atoms with Crippen molar-refractivity contribution in [3.63, 3.8) is 0 Å². The molecule has 27 heavy (non-hydrogen) atoms. The molecule has 9 heteroatoms. The van der Waals surface area contributed by atoms with Gasteiger partial charge >= 0.3 is 0 Å². The number of ether oxygens (including phenoxy) is 3. The molecule has 2 aromatic carbocycles. The Kier molecular flexibility index (Phi) is 10.4. The van der Waals surface area contributed by atoms with E-state index in [-0.39, 0.29) is 24.0 Å². The molecule has 0 aromatic heterocycles. The number of benzene rings is 2. The van der Waals surface area contributed by atoms with Gasteiger partial charge in [-0.1, -0.05) is 23.2 Å². The number of guanidine groups is 1. The van der Waals surface area contributed by atoms with Crippen LogP contribution in [0.2, 0.25) is 10.0 Å². The van der Waals surface area contributed by atoms with E-state index < -0.39 is 0 Å². The summed E-state index contributed by atoms with van der Waals surface area (Å²) in [5, 5.41) is 4.06. The second-order valence-electron chi connectivity index (χ2n) is 5.24. The van der Waals surface area contributed by atoms with Crippen molar-refractivity contribution in [1.82, 2.24) is 0 Å². The predicted octanol–water partition coefficient (Wildman–Crippen LogP) is 4.82. The van der Waals surface area contributed by atoms with Gasteiger partial charge in [0.25, 0.3) is 0 Å². The molecule has 3 N–H and O–H groups in total. The number of aliphatic imine (C=N–C) groups is 1. The SMILES string of the molecule is COc1ccc(NC(N)=NCCCOc2ccc(Cl)cc2Cl)cc1OC.I. The van der Waals surface area contributed by atoms with Gasteiger partial charge < -0.3 is 25.3 Å². The Hall–Kier alpha value is -1.58. The molecule has 0 aliphatic heterocycles. The zero-order chi connectivity index (χ0) is 18.9. The van der Waals surface area contributed by atoms with Crippen LogP contribution in [0.5, 0.6) is 17.2 Å². The second kappa shape index (κ2) is 12.0. The van der Waals surface area contributed by atoms with E-state index in [0.29, 0.717) is 52.8 Å². The Morgan fingerprint density at radius 2 is 1.74 bits per heavy atom. The van der Waals surface area contributed by atoms with Crippen LogP contribution in [-0.4, -0.2) is 33.3 Å². The second-order valence-corrected chi connectivity index (χ2v) is 6.08. The van der Waals surface area contributed by atoms with Crippen molar-refractivity contribution in [1.29, 1.82) is 0 Å². The summed E-state index contributed by atoms with van der Waals surface area (Å²) in [4.78, 5) is 4.26. The van der Waals surface area contributed by atoms with Crippen LogP contribution in [0.15, 0.2) is 41.4 Å². The van der Waals surface area contributed by atoms with Gasteiger partial charge in [-0.05, 0) is 30.3 Å². The highest BCUT2D eigenvalue weighted by atomic mass is 127. The Morgan fingerprint density at radius 1 is 1.04 bits per heavy atom. The fourth-order valence-corrected chi connectivity index (χ4v) is 2.60. The number of nitrogens with zero attached hydrogens (tertiary/aromatic N) is 1. The summed E-state index contributed by atoms with van der Waals surface area (Å²) in [5.41, 5.74) is 6.65. The van der Waals surface area contributed by atoms with Crippen LogP contribution in [0.1, 0.15) is 6.42 Å². The minimum absolute atomic E-state index is 0. The fourth-order valence-electron chi connectivity index (χ4n) is 2.14. The first kappa shape index (κ1) is 23.5. The van der Waals surface area contributed by atoms with E-state index in [9.17, 15) is 0 Å². The lowest BCUT2D eigenvalue weighted by molar-refractivity contribution is 0.314. The molecule has 6 nitrogen and oxygen atoms in total. The maximum absolute atomic E-state index is 6.04. The molecule has 0 atom stereocenters. The van der Waals surface area contributed by atoms with E-state index in [1.165, 1.54) is 0 Å². The van der Waals surface area contributed by atoms with E-state index in [1.54, 1.807) is 44.6 Å². The van der Waals surface area contributed by atoms with Gasteiger partial charge in [-0.3, -0.25) is 4.99 Å². The highest BCUT2D eigenvalue weighted by molar-refractivity contribution is 14.0. The lowest BCUT2D eigenvalue weighted by Gasteiger charge is -2.11. The van der Waals surface area contributed by atoms with Gasteiger partial charge in [0.05, 0.1) is 25.8 Å². The molecule has 0 aliphatic rings. The molecule has 2 rings (SSSR count). The number of nitrogens with two attached hydrogens (primary N) is 1. The number of halogens is 3. The minimum Gasteiger partial charge on any atom is -0.493 e. The molecule has 148 valence electrons. The molecule has 0 bridgehead atoms. The van der Waals surface area contributed by atoms with Crippen LogP contribution in [0, 0.1) is 0 Å².